The Morgan fingerprint density at radius 3 is 2.52 bits per heavy atom. The van der Waals surface area contributed by atoms with Crippen LogP contribution in [0.25, 0.3) is 0 Å². The summed E-state index contributed by atoms with van der Waals surface area (Å²) in [5.74, 6) is -0.848. The predicted molar refractivity (Wildman–Crippen MR) is 81.5 cm³/mol. The average molecular weight is 289 g/mol. The van der Waals surface area contributed by atoms with Gasteiger partial charge in [-0.15, -0.1) is 0 Å². The van der Waals surface area contributed by atoms with Gasteiger partial charge in [-0.05, 0) is 48.9 Å². The number of carbonyl (C=O) groups is 2. The highest BCUT2D eigenvalue weighted by atomic mass is 16.4. The van der Waals surface area contributed by atoms with Gasteiger partial charge in [0.2, 0.25) is 5.91 Å². The molecule has 21 heavy (non-hydrogen) atoms. The molecule has 2 rings (SSSR count). The molecular formula is C17H23NO3. The van der Waals surface area contributed by atoms with Crippen LogP contribution >= 0.6 is 0 Å². The van der Waals surface area contributed by atoms with Crippen molar-refractivity contribution in [2.75, 3.05) is 0 Å². The number of rotatable bonds is 2. The minimum atomic E-state index is -0.892. The van der Waals surface area contributed by atoms with E-state index in [2.05, 4.69) is 5.32 Å². The smallest absolute Gasteiger partial charge is 0.335 e. The molecule has 0 aliphatic heterocycles. The number of nitrogens with one attached hydrogen (secondary N) is 1. The van der Waals surface area contributed by atoms with Crippen molar-refractivity contribution in [1.29, 1.82) is 0 Å². The molecule has 0 saturated carbocycles. The summed E-state index contributed by atoms with van der Waals surface area (Å²) in [7, 11) is 0. The highest BCUT2D eigenvalue weighted by Crippen LogP contribution is 2.27. The van der Waals surface area contributed by atoms with E-state index in [1.54, 1.807) is 6.07 Å². The molecule has 1 amide bonds. The van der Waals surface area contributed by atoms with Gasteiger partial charge in [-0.3, -0.25) is 4.79 Å². The molecule has 0 spiro atoms. The van der Waals surface area contributed by atoms with Crippen molar-refractivity contribution < 1.29 is 14.7 Å². The van der Waals surface area contributed by atoms with Gasteiger partial charge in [0.15, 0.2) is 0 Å². The number of aromatic carboxylic acids is 1. The summed E-state index contributed by atoms with van der Waals surface area (Å²) in [6, 6.07) is 3.69. The van der Waals surface area contributed by atoms with Crippen LogP contribution in [0.1, 0.15) is 54.2 Å². The maximum absolute atomic E-state index is 12.1. The fourth-order valence-corrected chi connectivity index (χ4v) is 2.77. The second-order valence-corrected chi connectivity index (χ2v) is 6.84. The Kier molecular flexibility index (Phi) is 4.08. The first-order chi connectivity index (χ1) is 9.70. The lowest BCUT2D eigenvalue weighted by atomic mass is 9.83. The number of benzene rings is 1. The van der Waals surface area contributed by atoms with E-state index in [-0.39, 0.29) is 11.9 Å². The van der Waals surface area contributed by atoms with Gasteiger partial charge in [0.25, 0.3) is 0 Å². The molecule has 1 aromatic rings. The molecule has 0 bridgehead atoms. The van der Waals surface area contributed by atoms with Crippen molar-refractivity contribution in [2.24, 2.45) is 5.41 Å². The number of hydrogen-bond acceptors (Lipinski definition) is 2. The van der Waals surface area contributed by atoms with E-state index in [0.29, 0.717) is 12.0 Å². The van der Waals surface area contributed by atoms with Gasteiger partial charge in [-0.2, -0.15) is 0 Å². The van der Waals surface area contributed by atoms with Crippen LogP contribution in [0.15, 0.2) is 12.1 Å². The summed E-state index contributed by atoms with van der Waals surface area (Å²) in [6.07, 6.45) is 2.50. The maximum atomic E-state index is 12.1. The van der Waals surface area contributed by atoms with Crippen molar-refractivity contribution in [3.05, 3.63) is 34.4 Å². The predicted octanol–water partition coefficient (Wildman–Crippen LogP) is 2.71. The molecule has 2 N–H and O–H groups in total. The molecule has 0 aromatic heterocycles. The molecule has 1 aliphatic carbocycles. The van der Waals surface area contributed by atoms with Crippen LogP contribution in [0, 0.1) is 12.3 Å². The lowest BCUT2D eigenvalue weighted by Crippen LogP contribution is -2.44. The zero-order valence-corrected chi connectivity index (χ0v) is 13.1. The van der Waals surface area contributed by atoms with Crippen molar-refractivity contribution in [3.63, 3.8) is 0 Å². The molecule has 0 fully saturated rings. The Morgan fingerprint density at radius 2 is 1.95 bits per heavy atom. The summed E-state index contributed by atoms with van der Waals surface area (Å²) < 4.78 is 0. The summed E-state index contributed by atoms with van der Waals surface area (Å²) in [6.45, 7) is 7.54. The lowest BCUT2D eigenvalue weighted by Gasteiger charge is -2.30. The first kappa shape index (κ1) is 15.5. The highest BCUT2D eigenvalue weighted by molar-refractivity contribution is 5.90. The van der Waals surface area contributed by atoms with Crippen LogP contribution in [0.4, 0.5) is 0 Å². The normalized spacial score (nSPS) is 18.0. The molecule has 114 valence electrons. The average Bonchev–Trinajstić information content (AvgIpc) is 2.38. The molecule has 4 heteroatoms. The van der Waals surface area contributed by atoms with E-state index >= 15 is 0 Å². The van der Waals surface area contributed by atoms with Crippen LogP contribution in [0.2, 0.25) is 0 Å². The van der Waals surface area contributed by atoms with Crippen LogP contribution < -0.4 is 5.32 Å². The quantitative estimate of drug-likeness (QED) is 0.879. The second-order valence-electron chi connectivity index (χ2n) is 6.84. The monoisotopic (exact) mass is 289 g/mol. The lowest BCUT2D eigenvalue weighted by molar-refractivity contribution is -0.129. The Balaban J connectivity index is 2.21. The standard InChI is InChI=1S/C17H23NO3/c1-10-13(15(19)20)8-6-11-5-7-12(9-14(10)11)18-16(21)17(2,3)4/h6,8,12H,5,7,9H2,1-4H3,(H,18,21)(H,19,20)/t12-/m0/s1. The Labute approximate surface area is 125 Å². The van der Waals surface area contributed by atoms with Gasteiger partial charge < -0.3 is 10.4 Å². The molecule has 1 aromatic carbocycles. The molecule has 1 atom stereocenters. The van der Waals surface area contributed by atoms with Crippen molar-refractivity contribution in [1.82, 2.24) is 5.32 Å². The van der Waals surface area contributed by atoms with Gasteiger partial charge in [0.1, 0.15) is 0 Å². The van der Waals surface area contributed by atoms with Crippen molar-refractivity contribution in [2.45, 2.75) is 53.0 Å². The topological polar surface area (TPSA) is 66.4 Å². The van der Waals surface area contributed by atoms with Crippen LogP contribution in [0.5, 0.6) is 0 Å². The van der Waals surface area contributed by atoms with E-state index in [4.69, 9.17) is 0 Å². The maximum Gasteiger partial charge on any atom is 0.335 e. The van der Waals surface area contributed by atoms with Gasteiger partial charge >= 0.3 is 5.97 Å². The van der Waals surface area contributed by atoms with Crippen LogP contribution in [0.3, 0.4) is 0 Å². The molecule has 1 aliphatic rings. The zero-order chi connectivity index (χ0) is 15.8. The highest BCUT2D eigenvalue weighted by Gasteiger charge is 2.27. The Hall–Kier alpha value is -1.84. The molecule has 0 saturated heterocycles. The van der Waals surface area contributed by atoms with Gasteiger partial charge in [0, 0.05) is 11.5 Å². The first-order valence-corrected chi connectivity index (χ1v) is 7.35. The summed E-state index contributed by atoms with van der Waals surface area (Å²) in [5, 5.41) is 12.3. The molecule has 4 nitrogen and oxygen atoms in total. The van der Waals surface area contributed by atoms with Crippen molar-refractivity contribution >= 4 is 11.9 Å². The van der Waals surface area contributed by atoms with Gasteiger partial charge in [-0.25, -0.2) is 4.79 Å². The van der Waals surface area contributed by atoms with Crippen molar-refractivity contribution in [3.8, 4) is 0 Å². The molecule has 0 heterocycles. The van der Waals surface area contributed by atoms with Gasteiger partial charge in [-0.1, -0.05) is 26.8 Å². The summed E-state index contributed by atoms with van der Waals surface area (Å²) in [4.78, 5) is 23.3. The summed E-state index contributed by atoms with van der Waals surface area (Å²) >= 11 is 0. The third kappa shape index (κ3) is 3.26. The number of aryl methyl sites for hydroxylation is 1. The van der Waals surface area contributed by atoms with E-state index in [1.807, 2.05) is 33.8 Å². The third-order valence-electron chi connectivity index (χ3n) is 4.15. The second kappa shape index (κ2) is 5.51. The molecular weight excluding hydrogens is 266 g/mol. The third-order valence-corrected chi connectivity index (χ3v) is 4.15. The van der Waals surface area contributed by atoms with E-state index in [1.165, 1.54) is 5.56 Å². The number of carboxylic acids is 1. The fourth-order valence-electron chi connectivity index (χ4n) is 2.77. The Bertz CT molecular complexity index is 584. The molecule has 0 radical (unpaired) electrons. The number of carbonyl (C=O) groups excluding carboxylic acids is 1. The largest absolute Gasteiger partial charge is 0.478 e. The number of carboxylic acid groups (broad SMARTS) is 1. The SMILES string of the molecule is Cc1c(C(=O)O)ccc2c1C[C@@H](NC(=O)C(C)(C)C)CC2. The fraction of sp³-hybridized carbons (Fsp3) is 0.529. The zero-order valence-electron chi connectivity index (χ0n) is 13.1. The number of fused-ring (bicyclic) bond motifs is 1. The van der Waals surface area contributed by atoms with Gasteiger partial charge in [0.05, 0.1) is 5.56 Å². The minimum Gasteiger partial charge on any atom is -0.478 e. The van der Waals surface area contributed by atoms with Crippen LogP contribution in [-0.4, -0.2) is 23.0 Å². The van der Waals surface area contributed by atoms with E-state index < -0.39 is 11.4 Å². The van der Waals surface area contributed by atoms with E-state index in [0.717, 1.165) is 24.0 Å². The van der Waals surface area contributed by atoms with Crippen LogP contribution in [-0.2, 0) is 17.6 Å². The first-order valence-electron chi connectivity index (χ1n) is 7.35. The van der Waals surface area contributed by atoms with E-state index in [9.17, 15) is 14.7 Å². The minimum absolute atomic E-state index is 0.0444. The molecule has 0 unspecified atom stereocenters. The number of amides is 1. The Morgan fingerprint density at radius 1 is 1.29 bits per heavy atom. The number of hydrogen-bond donors (Lipinski definition) is 2. The summed E-state index contributed by atoms with van der Waals surface area (Å²) in [5.41, 5.74) is 3.07.